The Morgan fingerprint density at radius 2 is 2.10 bits per heavy atom. The van der Waals surface area contributed by atoms with Crippen LogP contribution in [0.4, 0.5) is 0 Å². The Labute approximate surface area is 128 Å². The summed E-state index contributed by atoms with van der Waals surface area (Å²) in [6.45, 7) is 6.75. The second-order valence-electron chi connectivity index (χ2n) is 6.11. The van der Waals surface area contributed by atoms with E-state index < -0.39 is 0 Å². The Balaban J connectivity index is 1.65. The molecule has 21 heavy (non-hydrogen) atoms. The van der Waals surface area contributed by atoms with E-state index in [-0.39, 0.29) is 18.0 Å². The average molecular weight is 294 g/mol. The number of hydrogen-bond acceptors (Lipinski definition) is 3. The van der Waals surface area contributed by atoms with Gasteiger partial charge < -0.3 is 14.4 Å². The molecule has 0 aliphatic carbocycles. The van der Waals surface area contributed by atoms with E-state index in [2.05, 4.69) is 18.8 Å². The first-order valence-electron chi connectivity index (χ1n) is 8.37. The number of piperidine rings is 1. The maximum absolute atomic E-state index is 11.8. The summed E-state index contributed by atoms with van der Waals surface area (Å²) in [7, 11) is 0. The molecule has 2 saturated heterocycles. The first-order chi connectivity index (χ1) is 10.3. The van der Waals surface area contributed by atoms with Gasteiger partial charge in [-0.2, -0.15) is 0 Å². The average Bonchev–Trinajstić information content (AvgIpc) is 2.85. The van der Waals surface area contributed by atoms with Crippen molar-refractivity contribution in [3.05, 3.63) is 0 Å². The number of carbonyl (C=O) groups is 1. The van der Waals surface area contributed by atoms with E-state index in [0.717, 1.165) is 26.0 Å². The van der Waals surface area contributed by atoms with Crippen LogP contribution in [0.5, 0.6) is 0 Å². The molecule has 4 heteroatoms. The third kappa shape index (κ3) is 5.68. The predicted octanol–water partition coefficient (Wildman–Crippen LogP) is 0.807. The topological polar surface area (TPSA) is 40.0 Å². The van der Waals surface area contributed by atoms with E-state index in [1.165, 1.54) is 32.4 Å². The zero-order chi connectivity index (χ0) is 14.9. The molecule has 2 atom stereocenters. The summed E-state index contributed by atoms with van der Waals surface area (Å²) < 4.78 is 10.8. The molecule has 0 saturated carbocycles. The van der Waals surface area contributed by atoms with Gasteiger partial charge in [0.05, 0.1) is 25.6 Å². The molecule has 2 aliphatic rings. The number of carbonyl (C=O) groups excluding carboxylic acids is 1. The zero-order valence-electron chi connectivity index (χ0n) is 13.2. The molecule has 2 fully saturated rings. The maximum atomic E-state index is 11.8. The van der Waals surface area contributed by atoms with Crippen LogP contribution in [-0.4, -0.2) is 44.9 Å². The van der Waals surface area contributed by atoms with Crippen molar-refractivity contribution in [3.63, 3.8) is 0 Å². The molecule has 0 spiro atoms. The quantitative estimate of drug-likeness (QED) is 0.448. The highest BCUT2D eigenvalue weighted by atomic mass is 16.6. The summed E-state index contributed by atoms with van der Waals surface area (Å²) in [6.07, 6.45) is 6.34. The lowest BCUT2D eigenvalue weighted by molar-refractivity contribution is -0.897. The smallest absolute Gasteiger partial charge is 0.310 e. The normalized spacial score (nSPS) is 26.2. The van der Waals surface area contributed by atoms with Gasteiger partial charge in [-0.1, -0.05) is 12.8 Å². The lowest BCUT2D eigenvalue weighted by Crippen LogP contribution is -3.12. The molecule has 2 aliphatic heterocycles. The SMILES string of the molecule is CCCOC[C@H]1C[C@H](CC#CC[NH+]2CCCCC2)C(=O)O1. The summed E-state index contributed by atoms with van der Waals surface area (Å²) in [5.74, 6) is 6.27. The lowest BCUT2D eigenvalue weighted by Gasteiger charge is -2.20. The van der Waals surface area contributed by atoms with Gasteiger partial charge in [-0.15, -0.1) is 0 Å². The van der Waals surface area contributed by atoms with Crippen molar-refractivity contribution in [2.75, 3.05) is 32.8 Å². The fraction of sp³-hybridized carbons (Fsp3) is 0.824. The third-order valence-corrected chi connectivity index (χ3v) is 4.19. The molecule has 118 valence electrons. The van der Waals surface area contributed by atoms with Gasteiger partial charge >= 0.3 is 5.97 Å². The van der Waals surface area contributed by atoms with Crippen LogP contribution in [-0.2, 0) is 14.3 Å². The van der Waals surface area contributed by atoms with Crippen LogP contribution in [0.2, 0.25) is 0 Å². The van der Waals surface area contributed by atoms with E-state index >= 15 is 0 Å². The van der Waals surface area contributed by atoms with Crippen molar-refractivity contribution in [3.8, 4) is 11.8 Å². The van der Waals surface area contributed by atoms with Crippen molar-refractivity contribution in [2.45, 2.75) is 51.6 Å². The number of rotatable bonds is 6. The van der Waals surface area contributed by atoms with Gasteiger partial charge in [0.2, 0.25) is 0 Å². The molecule has 0 aromatic heterocycles. The molecule has 4 nitrogen and oxygen atoms in total. The molecular formula is C17H28NO3+. The molecule has 0 radical (unpaired) electrons. The van der Waals surface area contributed by atoms with E-state index in [1.807, 2.05) is 0 Å². The molecule has 0 unspecified atom stereocenters. The first-order valence-corrected chi connectivity index (χ1v) is 8.37. The number of ether oxygens (including phenoxy) is 2. The highest BCUT2D eigenvalue weighted by molar-refractivity contribution is 5.75. The Morgan fingerprint density at radius 3 is 2.86 bits per heavy atom. The summed E-state index contributed by atoms with van der Waals surface area (Å²) in [6, 6.07) is 0. The Morgan fingerprint density at radius 1 is 1.29 bits per heavy atom. The van der Waals surface area contributed by atoms with Crippen molar-refractivity contribution in [1.29, 1.82) is 0 Å². The lowest BCUT2D eigenvalue weighted by atomic mass is 10.0. The minimum Gasteiger partial charge on any atom is -0.460 e. The van der Waals surface area contributed by atoms with Gasteiger partial charge in [-0.3, -0.25) is 4.79 Å². The molecule has 1 N–H and O–H groups in total. The zero-order valence-corrected chi connectivity index (χ0v) is 13.2. The molecular weight excluding hydrogens is 266 g/mol. The van der Waals surface area contributed by atoms with Crippen molar-refractivity contribution < 1.29 is 19.2 Å². The molecule has 0 amide bonds. The van der Waals surface area contributed by atoms with Crippen molar-refractivity contribution >= 4 is 5.97 Å². The van der Waals surface area contributed by atoms with E-state index in [1.54, 1.807) is 4.90 Å². The minimum atomic E-state index is -0.0975. The Hall–Kier alpha value is -1.05. The molecule has 2 rings (SSSR count). The second-order valence-corrected chi connectivity index (χ2v) is 6.11. The molecule has 0 bridgehead atoms. The predicted molar refractivity (Wildman–Crippen MR) is 80.9 cm³/mol. The maximum Gasteiger partial charge on any atom is 0.310 e. The number of esters is 1. The van der Waals surface area contributed by atoms with E-state index in [4.69, 9.17) is 9.47 Å². The fourth-order valence-corrected chi connectivity index (χ4v) is 2.96. The summed E-state index contributed by atoms with van der Waals surface area (Å²) in [5, 5.41) is 0. The summed E-state index contributed by atoms with van der Waals surface area (Å²) in [5.41, 5.74) is 0. The largest absolute Gasteiger partial charge is 0.460 e. The third-order valence-electron chi connectivity index (χ3n) is 4.19. The summed E-state index contributed by atoms with van der Waals surface area (Å²) >= 11 is 0. The van der Waals surface area contributed by atoms with E-state index in [0.29, 0.717) is 13.0 Å². The number of quaternary nitrogens is 1. The first kappa shape index (κ1) is 16.3. The standard InChI is InChI=1S/C17H27NO3/c1-2-12-20-14-16-13-15(17(19)21-16)8-4-7-11-18-9-5-3-6-10-18/h15-16H,2-3,5-6,8-14H2,1H3/p+1/t15-,16+/m0/s1. The summed E-state index contributed by atoms with van der Waals surface area (Å²) in [4.78, 5) is 13.4. The van der Waals surface area contributed by atoms with E-state index in [9.17, 15) is 4.79 Å². The number of likely N-dealkylation sites (tertiary alicyclic amines) is 1. The molecule has 0 aromatic rings. The Bertz CT molecular complexity index is 379. The van der Waals surface area contributed by atoms with Gasteiger partial charge in [0, 0.05) is 19.4 Å². The number of cyclic esters (lactones) is 1. The van der Waals surface area contributed by atoms with Gasteiger partial charge in [-0.25, -0.2) is 0 Å². The highest BCUT2D eigenvalue weighted by Crippen LogP contribution is 2.23. The van der Waals surface area contributed by atoms with Gasteiger partial charge in [-0.05, 0) is 31.6 Å². The van der Waals surface area contributed by atoms with Crippen molar-refractivity contribution in [2.24, 2.45) is 5.92 Å². The monoisotopic (exact) mass is 294 g/mol. The minimum absolute atomic E-state index is 0.0518. The fourth-order valence-electron chi connectivity index (χ4n) is 2.96. The van der Waals surface area contributed by atoms with Crippen LogP contribution >= 0.6 is 0 Å². The van der Waals surface area contributed by atoms with Crippen LogP contribution in [0.25, 0.3) is 0 Å². The van der Waals surface area contributed by atoms with Crippen LogP contribution in [0.15, 0.2) is 0 Å². The van der Waals surface area contributed by atoms with Gasteiger partial charge in [0.15, 0.2) is 0 Å². The number of nitrogens with one attached hydrogen (secondary N) is 1. The van der Waals surface area contributed by atoms with Gasteiger partial charge in [0.25, 0.3) is 0 Å². The molecule has 2 heterocycles. The van der Waals surface area contributed by atoms with Crippen LogP contribution in [0.3, 0.4) is 0 Å². The molecule has 0 aromatic carbocycles. The van der Waals surface area contributed by atoms with Crippen LogP contribution < -0.4 is 4.90 Å². The number of hydrogen-bond donors (Lipinski definition) is 1. The second kappa shape index (κ2) is 9.07. The van der Waals surface area contributed by atoms with Crippen LogP contribution in [0, 0.1) is 17.8 Å². The van der Waals surface area contributed by atoms with Gasteiger partial charge in [0.1, 0.15) is 12.6 Å². The Kier molecular flexibility index (Phi) is 7.05. The van der Waals surface area contributed by atoms with Crippen molar-refractivity contribution in [1.82, 2.24) is 0 Å². The highest BCUT2D eigenvalue weighted by Gasteiger charge is 2.33. The van der Waals surface area contributed by atoms with Crippen LogP contribution in [0.1, 0.15) is 45.4 Å².